The lowest BCUT2D eigenvalue weighted by molar-refractivity contribution is 0.0602. The average Bonchev–Trinajstić information content (AvgIpc) is 2.88. The standard InChI is InChI=1S/C17H20N2O2S2/c1-5-13-9-14(16(20)21-4)15(23-13)19-17(22)18-12-7-10(2)6-11(3)8-12/h6-9H,5H2,1-4H3,(H2,18,19,22). The zero-order chi connectivity index (χ0) is 17.0. The minimum Gasteiger partial charge on any atom is -0.465 e. The van der Waals surface area contributed by atoms with E-state index in [1.54, 1.807) is 0 Å². The number of methoxy groups -OCH3 is 1. The first-order valence-corrected chi connectivity index (χ1v) is 8.52. The predicted molar refractivity (Wildman–Crippen MR) is 101 cm³/mol. The van der Waals surface area contributed by atoms with Gasteiger partial charge in [0.25, 0.3) is 0 Å². The van der Waals surface area contributed by atoms with Gasteiger partial charge in [0.2, 0.25) is 0 Å². The van der Waals surface area contributed by atoms with E-state index in [1.165, 1.54) is 18.4 Å². The van der Waals surface area contributed by atoms with Crippen molar-refractivity contribution >= 4 is 45.3 Å². The van der Waals surface area contributed by atoms with Crippen LogP contribution in [0.3, 0.4) is 0 Å². The highest BCUT2D eigenvalue weighted by molar-refractivity contribution is 7.80. The lowest BCUT2D eigenvalue weighted by atomic mass is 10.1. The van der Waals surface area contributed by atoms with E-state index < -0.39 is 0 Å². The number of carbonyl (C=O) groups is 1. The Balaban J connectivity index is 2.16. The molecule has 1 aromatic carbocycles. The minimum absolute atomic E-state index is 0.363. The number of hydrogen-bond donors (Lipinski definition) is 2. The van der Waals surface area contributed by atoms with E-state index in [4.69, 9.17) is 17.0 Å². The van der Waals surface area contributed by atoms with Crippen LogP contribution in [0.4, 0.5) is 10.7 Å². The number of thiocarbonyl (C=S) groups is 1. The first kappa shape index (κ1) is 17.4. The highest BCUT2D eigenvalue weighted by Crippen LogP contribution is 2.29. The fourth-order valence-electron chi connectivity index (χ4n) is 2.28. The Morgan fingerprint density at radius 3 is 2.39 bits per heavy atom. The molecule has 0 bridgehead atoms. The summed E-state index contributed by atoms with van der Waals surface area (Å²) in [6, 6.07) is 7.99. The second kappa shape index (κ2) is 7.57. The number of esters is 1. The van der Waals surface area contributed by atoms with Gasteiger partial charge in [-0.15, -0.1) is 11.3 Å². The van der Waals surface area contributed by atoms with Gasteiger partial charge in [-0.1, -0.05) is 13.0 Å². The van der Waals surface area contributed by atoms with Crippen LogP contribution < -0.4 is 10.6 Å². The van der Waals surface area contributed by atoms with Crippen LogP contribution >= 0.6 is 23.6 Å². The fraction of sp³-hybridized carbons (Fsp3) is 0.294. The summed E-state index contributed by atoms with van der Waals surface area (Å²) in [5.41, 5.74) is 3.76. The molecule has 0 saturated carbocycles. The summed E-state index contributed by atoms with van der Waals surface area (Å²) in [5.74, 6) is -0.363. The second-order valence-electron chi connectivity index (χ2n) is 5.26. The molecular formula is C17H20N2O2S2. The Hall–Kier alpha value is -1.92. The van der Waals surface area contributed by atoms with Gasteiger partial charge in [-0.05, 0) is 61.8 Å². The number of hydrogen-bond acceptors (Lipinski definition) is 4. The van der Waals surface area contributed by atoms with Crippen molar-refractivity contribution in [3.63, 3.8) is 0 Å². The topological polar surface area (TPSA) is 50.4 Å². The smallest absolute Gasteiger partial charge is 0.340 e. The summed E-state index contributed by atoms with van der Waals surface area (Å²) < 4.78 is 4.83. The van der Waals surface area contributed by atoms with Crippen LogP contribution in [0.2, 0.25) is 0 Å². The molecule has 0 aliphatic rings. The molecule has 4 nitrogen and oxygen atoms in total. The van der Waals surface area contributed by atoms with Crippen molar-refractivity contribution in [2.45, 2.75) is 27.2 Å². The number of anilines is 2. The summed E-state index contributed by atoms with van der Waals surface area (Å²) in [7, 11) is 1.38. The van der Waals surface area contributed by atoms with Crippen LogP contribution in [0.1, 0.15) is 33.3 Å². The van der Waals surface area contributed by atoms with E-state index >= 15 is 0 Å². The van der Waals surface area contributed by atoms with Gasteiger partial charge < -0.3 is 15.4 Å². The van der Waals surface area contributed by atoms with Crippen molar-refractivity contribution in [1.29, 1.82) is 0 Å². The van der Waals surface area contributed by atoms with Gasteiger partial charge in [0.15, 0.2) is 5.11 Å². The third-order valence-corrected chi connectivity index (χ3v) is 4.64. The molecule has 1 heterocycles. The Labute approximate surface area is 145 Å². The summed E-state index contributed by atoms with van der Waals surface area (Å²) in [5, 5.41) is 7.42. The number of nitrogens with one attached hydrogen (secondary N) is 2. The van der Waals surface area contributed by atoms with Crippen molar-refractivity contribution in [1.82, 2.24) is 0 Å². The van der Waals surface area contributed by atoms with Crippen LogP contribution in [0.15, 0.2) is 24.3 Å². The van der Waals surface area contributed by atoms with Gasteiger partial charge in [0.1, 0.15) is 5.00 Å². The quantitative estimate of drug-likeness (QED) is 0.628. The van der Waals surface area contributed by atoms with Gasteiger partial charge in [0, 0.05) is 10.6 Å². The molecule has 0 fully saturated rings. The predicted octanol–water partition coefficient (Wildman–Crippen LogP) is 4.52. The monoisotopic (exact) mass is 348 g/mol. The third-order valence-electron chi connectivity index (χ3n) is 3.24. The van der Waals surface area contributed by atoms with Gasteiger partial charge in [0.05, 0.1) is 12.7 Å². The van der Waals surface area contributed by atoms with Crippen molar-refractivity contribution < 1.29 is 9.53 Å². The Kier molecular flexibility index (Phi) is 5.74. The van der Waals surface area contributed by atoms with E-state index in [9.17, 15) is 4.79 Å². The maximum Gasteiger partial charge on any atom is 0.340 e. The molecule has 0 aliphatic heterocycles. The number of ether oxygens (including phenoxy) is 1. The van der Waals surface area contributed by atoms with E-state index in [0.29, 0.717) is 15.7 Å². The second-order valence-corrected chi connectivity index (χ2v) is 6.80. The summed E-state index contributed by atoms with van der Waals surface area (Å²) in [6.07, 6.45) is 0.855. The van der Waals surface area contributed by atoms with E-state index in [-0.39, 0.29) is 5.97 Å². The average molecular weight is 348 g/mol. The molecule has 23 heavy (non-hydrogen) atoms. The van der Waals surface area contributed by atoms with Crippen molar-refractivity contribution in [2.24, 2.45) is 0 Å². The number of carbonyl (C=O) groups excluding carboxylic acids is 1. The Morgan fingerprint density at radius 2 is 1.83 bits per heavy atom. The number of aryl methyl sites for hydroxylation is 3. The maximum atomic E-state index is 11.9. The summed E-state index contributed by atoms with van der Waals surface area (Å²) in [4.78, 5) is 13.0. The van der Waals surface area contributed by atoms with Crippen molar-refractivity contribution in [3.05, 3.63) is 45.8 Å². The molecule has 1 aromatic heterocycles. The minimum atomic E-state index is -0.363. The summed E-state index contributed by atoms with van der Waals surface area (Å²) in [6.45, 7) is 6.12. The van der Waals surface area contributed by atoms with E-state index in [2.05, 4.69) is 16.7 Å². The molecule has 2 N–H and O–H groups in total. The van der Waals surface area contributed by atoms with Crippen LogP contribution in [0, 0.1) is 13.8 Å². The molecule has 0 saturated heterocycles. The molecule has 6 heteroatoms. The first-order chi connectivity index (χ1) is 10.9. The summed E-state index contributed by atoms with van der Waals surface area (Å²) >= 11 is 6.87. The highest BCUT2D eigenvalue weighted by Gasteiger charge is 2.17. The fourth-order valence-corrected chi connectivity index (χ4v) is 3.56. The maximum absolute atomic E-state index is 11.9. The SMILES string of the molecule is CCc1cc(C(=O)OC)c(NC(=S)Nc2cc(C)cc(C)c2)s1. The lowest BCUT2D eigenvalue weighted by Crippen LogP contribution is -2.20. The Bertz CT molecular complexity index is 718. The van der Waals surface area contributed by atoms with Crippen LogP contribution in [-0.2, 0) is 11.2 Å². The first-order valence-electron chi connectivity index (χ1n) is 7.30. The zero-order valence-corrected chi connectivity index (χ0v) is 15.3. The number of benzene rings is 1. The van der Waals surface area contributed by atoms with E-state index in [1.807, 2.05) is 39.0 Å². The molecule has 0 amide bonds. The number of thiophene rings is 1. The van der Waals surface area contributed by atoms with Crippen LogP contribution in [0.25, 0.3) is 0 Å². The highest BCUT2D eigenvalue weighted by atomic mass is 32.1. The normalized spacial score (nSPS) is 10.3. The van der Waals surface area contributed by atoms with Crippen molar-refractivity contribution in [3.8, 4) is 0 Å². The molecule has 0 unspecified atom stereocenters. The van der Waals surface area contributed by atoms with Crippen LogP contribution in [-0.4, -0.2) is 18.2 Å². The molecule has 2 rings (SSSR count). The molecule has 0 radical (unpaired) electrons. The molecule has 0 spiro atoms. The number of rotatable bonds is 4. The van der Waals surface area contributed by atoms with Gasteiger partial charge in [-0.25, -0.2) is 4.79 Å². The molecular weight excluding hydrogens is 328 g/mol. The van der Waals surface area contributed by atoms with Crippen molar-refractivity contribution in [2.75, 3.05) is 17.7 Å². The van der Waals surface area contributed by atoms with E-state index in [0.717, 1.165) is 28.1 Å². The molecule has 2 aromatic rings. The van der Waals surface area contributed by atoms with Gasteiger partial charge >= 0.3 is 5.97 Å². The van der Waals surface area contributed by atoms with Crippen LogP contribution in [0.5, 0.6) is 0 Å². The molecule has 0 aliphatic carbocycles. The third kappa shape index (κ3) is 4.53. The van der Waals surface area contributed by atoms with Gasteiger partial charge in [-0.3, -0.25) is 0 Å². The molecule has 122 valence electrons. The Morgan fingerprint density at radius 1 is 1.17 bits per heavy atom. The zero-order valence-electron chi connectivity index (χ0n) is 13.6. The van der Waals surface area contributed by atoms with Gasteiger partial charge in [-0.2, -0.15) is 0 Å². The lowest BCUT2D eigenvalue weighted by Gasteiger charge is -2.11. The largest absolute Gasteiger partial charge is 0.465 e. The molecule has 0 atom stereocenters.